The lowest BCUT2D eigenvalue weighted by Gasteiger charge is -1.80. The fourth-order valence-corrected chi connectivity index (χ4v) is 1.34. The lowest BCUT2D eigenvalue weighted by Crippen LogP contribution is -1.73. The molecular formula is C6H6NS. The minimum absolute atomic E-state index is 0.803. The van der Waals surface area contributed by atoms with Crippen LogP contribution in [0.2, 0.25) is 0 Å². The lowest BCUT2D eigenvalue weighted by molar-refractivity contribution is 1.05. The summed E-state index contributed by atoms with van der Waals surface area (Å²) in [6.45, 7) is 0. The van der Waals surface area contributed by atoms with E-state index in [0.717, 1.165) is 5.92 Å². The van der Waals surface area contributed by atoms with Crippen LogP contribution < -0.4 is 0 Å². The summed E-state index contributed by atoms with van der Waals surface area (Å²) in [5, 5.41) is 2.09. The number of aromatic nitrogens is 1. The van der Waals surface area contributed by atoms with Crippen molar-refractivity contribution in [2.45, 2.75) is 18.8 Å². The largest absolute Gasteiger partial charge is 0.238 e. The van der Waals surface area contributed by atoms with Gasteiger partial charge in [0.05, 0.1) is 5.69 Å². The molecule has 1 aromatic rings. The molecule has 0 spiro atoms. The molecule has 1 aromatic heterocycles. The van der Waals surface area contributed by atoms with Crippen molar-refractivity contribution in [1.29, 1.82) is 0 Å². The highest BCUT2D eigenvalue weighted by atomic mass is 32.1. The summed E-state index contributed by atoms with van der Waals surface area (Å²) in [6, 6.07) is 0. The number of thiazole rings is 1. The Morgan fingerprint density at radius 2 is 2.62 bits per heavy atom. The Hall–Kier alpha value is -0.370. The molecule has 1 aliphatic carbocycles. The molecule has 1 aliphatic rings. The van der Waals surface area contributed by atoms with Crippen LogP contribution in [-0.2, 0) is 0 Å². The van der Waals surface area contributed by atoms with Gasteiger partial charge in [-0.3, -0.25) is 0 Å². The highest BCUT2D eigenvalue weighted by Crippen LogP contribution is 2.39. The van der Waals surface area contributed by atoms with Crippen LogP contribution in [0.3, 0.4) is 0 Å². The quantitative estimate of drug-likeness (QED) is 0.556. The van der Waals surface area contributed by atoms with Crippen LogP contribution in [0.25, 0.3) is 0 Å². The van der Waals surface area contributed by atoms with Crippen LogP contribution in [0.4, 0.5) is 0 Å². The molecule has 41 valence electrons. The maximum Gasteiger partial charge on any atom is 0.152 e. The van der Waals surface area contributed by atoms with Crippen molar-refractivity contribution >= 4 is 11.3 Å². The van der Waals surface area contributed by atoms with Crippen LogP contribution in [-0.4, -0.2) is 4.98 Å². The van der Waals surface area contributed by atoms with E-state index in [1.54, 1.807) is 11.3 Å². The van der Waals surface area contributed by atoms with Gasteiger partial charge < -0.3 is 0 Å². The first-order valence-corrected chi connectivity index (χ1v) is 3.66. The molecule has 1 nitrogen and oxygen atoms in total. The predicted molar refractivity (Wildman–Crippen MR) is 32.9 cm³/mol. The molecule has 0 saturated heterocycles. The molecule has 0 N–H and O–H groups in total. The fraction of sp³-hybridized carbons (Fsp3) is 0.500. The normalized spacial score (nSPS) is 19.0. The van der Waals surface area contributed by atoms with Crippen LogP contribution in [0.15, 0.2) is 5.38 Å². The van der Waals surface area contributed by atoms with E-state index in [0.29, 0.717) is 0 Å². The molecule has 0 atom stereocenters. The van der Waals surface area contributed by atoms with Gasteiger partial charge in [-0.25, -0.2) is 4.98 Å². The summed E-state index contributed by atoms with van der Waals surface area (Å²) in [5.74, 6) is 0.803. The first kappa shape index (κ1) is 4.50. The van der Waals surface area contributed by atoms with Crippen molar-refractivity contribution in [2.24, 2.45) is 0 Å². The van der Waals surface area contributed by atoms with E-state index in [1.807, 2.05) is 0 Å². The fourth-order valence-electron chi connectivity index (χ4n) is 0.759. The van der Waals surface area contributed by atoms with E-state index in [1.165, 1.54) is 18.5 Å². The molecule has 2 rings (SSSR count). The third-order valence-electron chi connectivity index (χ3n) is 1.40. The van der Waals surface area contributed by atoms with Gasteiger partial charge in [0.2, 0.25) is 0 Å². The first-order valence-electron chi connectivity index (χ1n) is 2.78. The molecule has 0 amide bonds. The molecule has 0 unspecified atom stereocenters. The van der Waals surface area contributed by atoms with Crippen molar-refractivity contribution in [3.05, 3.63) is 16.6 Å². The van der Waals surface area contributed by atoms with Crippen molar-refractivity contribution in [3.8, 4) is 0 Å². The Balaban J connectivity index is 2.28. The van der Waals surface area contributed by atoms with Crippen LogP contribution >= 0.6 is 11.3 Å². The minimum Gasteiger partial charge on any atom is -0.238 e. The van der Waals surface area contributed by atoms with Crippen molar-refractivity contribution < 1.29 is 0 Å². The van der Waals surface area contributed by atoms with E-state index < -0.39 is 0 Å². The molecule has 1 fully saturated rings. The number of hydrogen-bond donors (Lipinski definition) is 0. The minimum atomic E-state index is 0.803. The van der Waals surface area contributed by atoms with Gasteiger partial charge in [-0.2, -0.15) is 0 Å². The number of nitrogens with zero attached hydrogens (tertiary/aromatic N) is 1. The molecule has 1 radical (unpaired) electrons. The summed E-state index contributed by atoms with van der Waals surface area (Å²) in [4.78, 5) is 4.07. The third kappa shape index (κ3) is 0.650. The van der Waals surface area contributed by atoms with Crippen molar-refractivity contribution in [1.82, 2.24) is 4.98 Å². The zero-order valence-electron chi connectivity index (χ0n) is 4.42. The average Bonchev–Trinajstić information content (AvgIpc) is 2.49. The highest BCUT2D eigenvalue weighted by molar-refractivity contribution is 7.07. The Bertz CT molecular complexity index is 165. The summed E-state index contributed by atoms with van der Waals surface area (Å²) < 4.78 is 0. The maximum atomic E-state index is 4.07. The topological polar surface area (TPSA) is 12.9 Å². The predicted octanol–water partition coefficient (Wildman–Crippen LogP) is 1.82. The van der Waals surface area contributed by atoms with Crippen LogP contribution in [0.5, 0.6) is 0 Å². The molecule has 2 heteroatoms. The van der Waals surface area contributed by atoms with Crippen LogP contribution in [0, 0.1) is 5.51 Å². The Morgan fingerprint density at radius 3 is 3.12 bits per heavy atom. The zero-order chi connectivity index (χ0) is 5.40. The molecule has 1 saturated carbocycles. The van der Waals surface area contributed by atoms with E-state index >= 15 is 0 Å². The monoisotopic (exact) mass is 124 g/mol. The molecule has 0 bridgehead atoms. The lowest BCUT2D eigenvalue weighted by atomic mass is 10.3. The van der Waals surface area contributed by atoms with Crippen molar-refractivity contribution in [3.63, 3.8) is 0 Å². The van der Waals surface area contributed by atoms with Gasteiger partial charge in [-0.05, 0) is 12.8 Å². The highest BCUT2D eigenvalue weighted by Gasteiger charge is 2.24. The molecule has 0 aliphatic heterocycles. The van der Waals surface area contributed by atoms with E-state index in [4.69, 9.17) is 0 Å². The second kappa shape index (κ2) is 1.55. The van der Waals surface area contributed by atoms with Gasteiger partial charge in [0, 0.05) is 11.3 Å². The average molecular weight is 124 g/mol. The molecule has 8 heavy (non-hydrogen) atoms. The summed E-state index contributed by atoms with van der Waals surface area (Å²) >= 11 is 1.57. The Morgan fingerprint density at radius 1 is 1.75 bits per heavy atom. The standard InChI is InChI=1S/C6H6NS/c1-2-5(1)6-3-8-4-7-6/h3,5H,1-2H2. The van der Waals surface area contributed by atoms with Gasteiger partial charge in [-0.1, -0.05) is 0 Å². The third-order valence-corrected chi connectivity index (χ3v) is 1.96. The Kier molecular flexibility index (Phi) is 0.875. The molecule has 0 aromatic carbocycles. The second-order valence-electron chi connectivity index (χ2n) is 2.14. The number of rotatable bonds is 1. The smallest absolute Gasteiger partial charge is 0.152 e. The SMILES string of the molecule is [c]1nc(C2CC2)cs1. The van der Waals surface area contributed by atoms with Gasteiger partial charge in [0.1, 0.15) is 0 Å². The van der Waals surface area contributed by atoms with Gasteiger partial charge in [-0.15, -0.1) is 11.3 Å². The second-order valence-corrected chi connectivity index (χ2v) is 2.79. The first-order chi connectivity index (χ1) is 3.97. The maximum absolute atomic E-state index is 4.07. The van der Waals surface area contributed by atoms with E-state index in [2.05, 4.69) is 15.9 Å². The number of hydrogen-bond acceptors (Lipinski definition) is 2. The van der Waals surface area contributed by atoms with E-state index in [-0.39, 0.29) is 0 Å². The summed E-state index contributed by atoms with van der Waals surface area (Å²) in [7, 11) is 0. The van der Waals surface area contributed by atoms with Gasteiger partial charge in [0.15, 0.2) is 5.51 Å². The van der Waals surface area contributed by atoms with Gasteiger partial charge >= 0.3 is 0 Å². The van der Waals surface area contributed by atoms with Crippen LogP contribution in [0.1, 0.15) is 24.5 Å². The van der Waals surface area contributed by atoms with Gasteiger partial charge in [0.25, 0.3) is 0 Å². The molecular weight excluding hydrogens is 118 g/mol. The van der Waals surface area contributed by atoms with Crippen molar-refractivity contribution in [2.75, 3.05) is 0 Å². The summed E-state index contributed by atoms with van der Waals surface area (Å²) in [5.41, 5.74) is 4.10. The summed E-state index contributed by atoms with van der Waals surface area (Å²) in [6.07, 6.45) is 2.69. The van der Waals surface area contributed by atoms with E-state index in [9.17, 15) is 0 Å². The zero-order valence-corrected chi connectivity index (χ0v) is 5.24. The molecule has 1 heterocycles. The Labute approximate surface area is 52.4 Å².